The molecular formula is C26H18ClFN4O4. The molecule has 1 aromatic carbocycles. The van der Waals surface area contributed by atoms with Crippen LogP contribution in [0.4, 0.5) is 4.39 Å². The number of carbonyl (C=O) groups excluding carboxylic acids is 1. The molecule has 1 aliphatic rings. The van der Waals surface area contributed by atoms with Crippen molar-refractivity contribution >= 4 is 61.8 Å². The maximum absolute atomic E-state index is 15.1. The number of halogens is 2. The van der Waals surface area contributed by atoms with Gasteiger partial charge < -0.3 is 14.1 Å². The van der Waals surface area contributed by atoms with Gasteiger partial charge in [0.2, 0.25) is 0 Å². The van der Waals surface area contributed by atoms with Crippen molar-refractivity contribution in [1.82, 2.24) is 19.3 Å². The molecule has 0 radical (unpaired) electrons. The predicted octanol–water partition coefficient (Wildman–Crippen LogP) is 5.43. The van der Waals surface area contributed by atoms with Gasteiger partial charge in [-0.25, -0.2) is 14.2 Å². The van der Waals surface area contributed by atoms with Crippen LogP contribution in [0.25, 0.3) is 38.5 Å². The lowest BCUT2D eigenvalue weighted by molar-refractivity contribution is -0.113. The van der Waals surface area contributed by atoms with E-state index in [-0.39, 0.29) is 57.2 Å². The summed E-state index contributed by atoms with van der Waals surface area (Å²) >= 11 is 6.52. The Bertz CT molecular complexity index is 1840. The maximum Gasteiger partial charge on any atom is 0.353 e. The van der Waals surface area contributed by atoms with E-state index in [2.05, 4.69) is 10.1 Å². The number of Topliss-reactive ketones (excluding diaryl/α,β-unsaturated/α-hetero) is 1. The highest BCUT2D eigenvalue weighted by Gasteiger charge is 2.31. The van der Waals surface area contributed by atoms with Crippen molar-refractivity contribution in [2.24, 2.45) is 7.05 Å². The Balaban J connectivity index is 1.71. The van der Waals surface area contributed by atoms with Gasteiger partial charge in [-0.3, -0.25) is 9.48 Å². The number of carboxylic acid groups (broad SMARTS) is 1. The molecule has 8 nitrogen and oxygen atoms in total. The van der Waals surface area contributed by atoms with E-state index in [0.29, 0.717) is 16.6 Å². The number of furan rings is 1. The van der Waals surface area contributed by atoms with Crippen LogP contribution >= 0.6 is 11.6 Å². The number of carboxylic acids is 1. The second-order valence-corrected chi connectivity index (χ2v) is 9.04. The molecule has 0 spiro atoms. The molecule has 0 aliphatic heterocycles. The monoisotopic (exact) mass is 504 g/mol. The Morgan fingerprint density at radius 3 is 2.86 bits per heavy atom. The van der Waals surface area contributed by atoms with Crippen LogP contribution in [0, 0.1) is 12.7 Å². The van der Waals surface area contributed by atoms with Crippen LogP contribution in [0.3, 0.4) is 0 Å². The van der Waals surface area contributed by atoms with Crippen LogP contribution in [-0.4, -0.2) is 36.2 Å². The third kappa shape index (κ3) is 3.12. The van der Waals surface area contributed by atoms with E-state index < -0.39 is 11.8 Å². The highest BCUT2D eigenvalue weighted by atomic mass is 35.5. The van der Waals surface area contributed by atoms with Crippen molar-refractivity contribution in [3.05, 3.63) is 76.2 Å². The fourth-order valence-corrected chi connectivity index (χ4v) is 5.16. The number of carbonyl (C=O) groups is 2. The topological polar surface area (TPSA) is 103 Å². The quantitative estimate of drug-likeness (QED) is 0.327. The molecule has 5 aromatic rings. The van der Waals surface area contributed by atoms with Gasteiger partial charge in [-0.05, 0) is 25.1 Å². The summed E-state index contributed by atoms with van der Waals surface area (Å²) in [5, 5.41) is 16.2. The zero-order chi connectivity index (χ0) is 25.3. The van der Waals surface area contributed by atoms with Gasteiger partial charge in [0, 0.05) is 35.6 Å². The number of rotatable bonds is 4. The Labute approximate surface area is 207 Å². The molecule has 10 heteroatoms. The molecule has 180 valence electrons. The molecule has 1 N–H and O–H groups in total. The normalized spacial score (nSPS) is 13.9. The summed E-state index contributed by atoms with van der Waals surface area (Å²) < 4.78 is 23.8. The van der Waals surface area contributed by atoms with Crippen LogP contribution in [0.1, 0.15) is 33.7 Å². The number of nitrogens with zero attached hydrogens (tertiary/aromatic N) is 4. The van der Waals surface area contributed by atoms with Crippen LogP contribution in [0.2, 0.25) is 5.15 Å². The van der Waals surface area contributed by atoms with E-state index >= 15 is 4.39 Å². The van der Waals surface area contributed by atoms with E-state index in [1.54, 1.807) is 36.0 Å². The number of hydrogen-bond acceptors (Lipinski definition) is 5. The number of benzene rings is 1. The summed E-state index contributed by atoms with van der Waals surface area (Å²) in [6.45, 7) is 1.81. The molecule has 4 aromatic heterocycles. The van der Waals surface area contributed by atoms with Crippen LogP contribution in [0.15, 0.2) is 47.1 Å². The van der Waals surface area contributed by atoms with E-state index in [1.807, 2.05) is 6.92 Å². The molecule has 0 fully saturated rings. The molecule has 0 amide bonds. The van der Waals surface area contributed by atoms with Gasteiger partial charge >= 0.3 is 5.97 Å². The van der Waals surface area contributed by atoms with Gasteiger partial charge in [0.15, 0.2) is 11.4 Å². The fourth-order valence-electron chi connectivity index (χ4n) is 4.96. The summed E-state index contributed by atoms with van der Waals surface area (Å²) in [6.07, 6.45) is 6.45. The molecule has 0 saturated heterocycles. The Morgan fingerprint density at radius 1 is 1.31 bits per heavy atom. The van der Waals surface area contributed by atoms with Gasteiger partial charge in [-0.1, -0.05) is 29.8 Å². The average molecular weight is 505 g/mol. The second-order valence-electron chi connectivity index (χ2n) is 8.69. The van der Waals surface area contributed by atoms with E-state index in [0.717, 1.165) is 11.1 Å². The third-order valence-electron chi connectivity index (χ3n) is 6.54. The molecule has 0 atom stereocenters. The Hall–Kier alpha value is -4.24. The van der Waals surface area contributed by atoms with Crippen molar-refractivity contribution in [3.8, 4) is 0 Å². The van der Waals surface area contributed by atoms with E-state index in [1.165, 1.54) is 23.0 Å². The number of hydrogen-bond donors (Lipinski definition) is 1. The zero-order valence-electron chi connectivity index (χ0n) is 19.2. The van der Waals surface area contributed by atoms with Crippen molar-refractivity contribution in [3.63, 3.8) is 0 Å². The SMILES string of the molecule is Cc1nn(C)c2nc(Cl)c(Cn3c(C(=O)O)c(C4=CC=CCC4=O)c4c5occc5c(F)cc43)cc12. The first kappa shape index (κ1) is 22.2. The molecule has 0 bridgehead atoms. The van der Waals surface area contributed by atoms with Crippen molar-refractivity contribution < 1.29 is 23.5 Å². The molecule has 4 heterocycles. The number of allylic oxidation sites excluding steroid dienone is 4. The first-order chi connectivity index (χ1) is 17.3. The van der Waals surface area contributed by atoms with Crippen LogP contribution in [-0.2, 0) is 18.4 Å². The first-order valence-corrected chi connectivity index (χ1v) is 11.5. The number of aryl methyl sites for hydroxylation is 2. The van der Waals surface area contributed by atoms with Gasteiger partial charge in [0.05, 0.1) is 34.8 Å². The highest BCUT2D eigenvalue weighted by molar-refractivity contribution is 6.31. The van der Waals surface area contributed by atoms with E-state index in [4.69, 9.17) is 16.0 Å². The third-order valence-corrected chi connectivity index (χ3v) is 6.87. The summed E-state index contributed by atoms with van der Waals surface area (Å²) in [7, 11) is 1.76. The van der Waals surface area contributed by atoms with Crippen molar-refractivity contribution in [1.29, 1.82) is 0 Å². The largest absolute Gasteiger partial charge is 0.477 e. The van der Waals surface area contributed by atoms with E-state index in [9.17, 15) is 14.7 Å². The van der Waals surface area contributed by atoms with Gasteiger partial charge in [-0.15, -0.1) is 0 Å². The highest BCUT2D eigenvalue weighted by Crippen LogP contribution is 2.40. The molecule has 0 unspecified atom stereocenters. The average Bonchev–Trinajstić information content (AvgIpc) is 3.51. The minimum atomic E-state index is -1.27. The summed E-state index contributed by atoms with van der Waals surface area (Å²) in [4.78, 5) is 30.1. The second kappa shape index (κ2) is 7.89. The van der Waals surface area contributed by atoms with Crippen molar-refractivity contribution in [2.45, 2.75) is 19.9 Å². The molecule has 6 rings (SSSR count). The molecule has 1 aliphatic carbocycles. The Morgan fingerprint density at radius 2 is 2.11 bits per heavy atom. The maximum atomic E-state index is 15.1. The lowest BCUT2D eigenvalue weighted by Gasteiger charge is -2.12. The standard InChI is InChI=1S/C26H18ClFN4O4/c1-12-16-9-13(24(27)29-25(16)31(2)30-12)11-32-18-10-17(28)14-7-8-36-23(14)21(18)20(22(32)26(34)35)15-5-3-4-6-19(15)33/h3-5,7-10H,6,11H2,1-2H3,(H,34,35). The van der Waals surface area contributed by atoms with Crippen molar-refractivity contribution in [2.75, 3.05) is 0 Å². The van der Waals surface area contributed by atoms with Gasteiger partial charge in [0.1, 0.15) is 22.2 Å². The number of ketones is 1. The molecule has 0 saturated carbocycles. The molecular weight excluding hydrogens is 487 g/mol. The molecule has 36 heavy (non-hydrogen) atoms. The lowest BCUT2D eigenvalue weighted by Crippen LogP contribution is -2.14. The number of aromatic carboxylic acids is 1. The summed E-state index contributed by atoms with van der Waals surface area (Å²) in [6, 6.07) is 4.55. The summed E-state index contributed by atoms with van der Waals surface area (Å²) in [5.74, 6) is -2.08. The summed E-state index contributed by atoms with van der Waals surface area (Å²) in [5.41, 5.74) is 2.54. The number of fused-ring (bicyclic) bond motifs is 4. The number of aromatic nitrogens is 4. The predicted molar refractivity (Wildman–Crippen MR) is 133 cm³/mol. The van der Waals surface area contributed by atoms with Crippen LogP contribution in [0.5, 0.6) is 0 Å². The minimum absolute atomic E-state index is 0.0305. The van der Waals surface area contributed by atoms with Crippen LogP contribution < -0.4 is 0 Å². The first-order valence-electron chi connectivity index (χ1n) is 11.1. The lowest BCUT2D eigenvalue weighted by atomic mass is 9.93. The fraction of sp³-hybridized carbons (Fsp3) is 0.154. The van der Waals surface area contributed by atoms with Gasteiger partial charge in [-0.2, -0.15) is 5.10 Å². The smallest absolute Gasteiger partial charge is 0.353 e. The minimum Gasteiger partial charge on any atom is -0.477 e. The zero-order valence-corrected chi connectivity index (χ0v) is 19.9. The Kier molecular flexibility index (Phi) is 4.87. The van der Waals surface area contributed by atoms with Gasteiger partial charge in [0.25, 0.3) is 0 Å². The number of pyridine rings is 1.